The molecule has 0 aromatic heterocycles. The zero-order valence-corrected chi connectivity index (χ0v) is 11.2. The van der Waals surface area contributed by atoms with Gasteiger partial charge in [0, 0.05) is 13.3 Å². The summed E-state index contributed by atoms with van der Waals surface area (Å²) in [5.74, 6) is -0.700. The van der Waals surface area contributed by atoms with Crippen LogP contribution < -0.4 is 0 Å². The maximum atomic E-state index is 11.5. The summed E-state index contributed by atoms with van der Waals surface area (Å²) < 4.78 is 16.6. The van der Waals surface area contributed by atoms with Crippen LogP contribution in [-0.4, -0.2) is 30.3 Å². The van der Waals surface area contributed by atoms with Crippen LogP contribution in [0.15, 0.2) is 30.3 Å². The molecule has 0 unspecified atom stereocenters. The van der Waals surface area contributed by atoms with Crippen LogP contribution in [0.5, 0.6) is 0 Å². The Morgan fingerprint density at radius 1 is 1.30 bits per heavy atom. The SMILES string of the molecule is CC(=O)O[C@H]1[C@H]2C[C@H](CC(=O)O2)O[C@H]1c1ccccc1. The van der Waals surface area contributed by atoms with Gasteiger partial charge in [-0.3, -0.25) is 9.59 Å². The van der Waals surface area contributed by atoms with E-state index in [4.69, 9.17) is 14.2 Å². The lowest BCUT2D eigenvalue weighted by Gasteiger charge is -2.43. The first-order valence-electron chi connectivity index (χ1n) is 6.70. The minimum absolute atomic E-state index is 0.168. The maximum absolute atomic E-state index is 11.5. The smallest absolute Gasteiger partial charge is 0.308 e. The molecule has 1 aromatic rings. The zero-order chi connectivity index (χ0) is 14.1. The molecule has 2 fully saturated rings. The molecule has 1 aromatic carbocycles. The molecular formula is C15H16O5. The summed E-state index contributed by atoms with van der Waals surface area (Å²) in [6.07, 6.45) is -0.741. The lowest BCUT2D eigenvalue weighted by atomic mass is 9.90. The van der Waals surface area contributed by atoms with Crippen molar-refractivity contribution in [1.29, 1.82) is 0 Å². The number of carbonyl (C=O) groups is 2. The Labute approximate surface area is 116 Å². The van der Waals surface area contributed by atoms with Crippen molar-refractivity contribution in [2.45, 2.75) is 44.2 Å². The average Bonchev–Trinajstić information content (AvgIpc) is 2.42. The summed E-state index contributed by atoms with van der Waals surface area (Å²) in [7, 11) is 0. The second-order valence-corrected chi connectivity index (χ2v) is 5.13. The highest BCUT2D eigenvalue weighted by Crippen LogP contribution is 2.39. The summed E-state index contributed by atoms with van der Waals surface area (Å²) in [6.45, 7) is 1.35. The predicted molar refractivity (Wildman–Crippen MR) is 68.7 cm³/mol. The van der Waals surface area contributed by atoms with Gasteiger partial charge in [-0.1, -0.05) is 30.3 Å². The van der Waals surface area contributed by atoms with Crippen molar-refractivity contribution in [3.63, 3.8) is 0 Å². The number of fused-ring (bicyclic) bond motifs is 2. The quantitative estimate of drug-likeness (QED) is 0.770. The summed E-state index contributed by atoms with van der Waals surface area (Å²) >= 11 is 0. The van der Waals surface area contributed by atoms with Gasteiger partial charge in [0.2, 0.25) is 0 Å². The van der Waals surface area contributed by atoms with Crippen molar-refractivity contribution in [1.82, 2.24) is 0 Å². The molecular weight excluding hydrogens is 260 g/mol. The molecule has 0 aliphatic carbocycles. The molecule has 106 valence electrons. The Kier molecular flexibility index (Phi) is 3.44. The molecule has 4 atom stereocenters. The molecule has 5 heteroatoms. The molecule has 5 nitrogen and oxygen atoms in total. The van der Waals surface area contributed by atoms with Gasteiger partial charge in [0.15, 0.2) is 6.10 Å². The van der Waals surface area contributed by atoms with E-state index in [-0.39, 0.29) is 18.5 Å². The second-order valence-electron chi connectivity index (χ2n) is 5.13. The summed E-state index contributed by atoms with van der Waals surface area (Å²) in [4.78, 5) is 22.8. The van der Waals surface area contributed by atoms with Crippen LogP contribution in [0.25, 0.3) is 0 Å². The molecule has 20 heavy (non-hydrogen) atoms. The highest BCUT2D eigenvalue weighted by molar-refractivity contribution is 5.71. The second kappa shape index (κ2) is 5.25. The van der Waals surface area contributed by atoms with Crippen LogP contribution in [0.4, 0.5) is 0 Å². The van der Waals surface area contributed by atoms with Crippen LogP contribution in [0.3, 0.4) is 0 Å². The maximum Gasteiger partial charge on any atom is 0.308 e. The highest BCUT2D eigenvalue weighted by atomic mass is 16.6. The van der Waals surface area contributed by atoms with E-state index in [9.17, 15) is 9.59 Å². The van der Waals surface area contributed by atoms with Crippen molar-refractivity contribution in [3.05, 3.63) is 35.9 Å². The van der Waals surface area contributed by atoms with Crippen molar-refractivity contribution in [3.8, 4) is 0 Å². The third-order valence-corrected chi connectivity index (χ3v) is 3.61. The summed E-state index contributed by atoms with van der Waals surface area (Å²) in [5.41, 5.74) is 0.923. The third kappa shape index (κ3) is 2.54. The molecule has 2 aliphatic rings. The van der Waals surface area contributed by atoms with Crippen LogP contribution in [0.2, 0.25) is 0 Å². The number of esters is 2. The Hall–Kier alpha value is -1.88. The van der Waals surface area contributed by atoms with E-state index in [0.29, 0.717) is 6.42 Å². The van der Waals surface area contributed by atoms with Gasteiger partial charge in [-0.15, -0.1) is 0 Å². The van der Waals surface area contributed by atoms with E-state index in [2.05, 4.69) is 0 Å². The Morgan fingerprint density at radius 3 is 2.75 bits per heavy atom. The third-order valence-electron chi connectivity index (χ3n) is 3.61. The first-order valence-corrected chi connectivity index (χ1v) is 6.70. The lowest BCUT2D eigenvalue weighted by molar-refractivity contribution is -0.227. The van der Waals surface area contributed by atoms with Gasteiger partial charge in [-0.25, -0.2) is 0 Å². The largest absolute Gasteiger partial charge is 0.458 e. The van der Waals surface area contributed by atoms with Crippen LogP contribution >= 0.6 is 0 Å². The van der Waals surface area contributed by atoms with Gasteiger partial charge in [-0.05, 0) is 5.56 Å². The molecule has 2 saturated heterocycles. The number of benzene rings is 1. The van der Waals surface area contributed by atoms with E-state index < -0.39 is 24.3 Å². The molecule has 0 N–H and O–H groups in total. The van der Waals surface area contributed by atoms with Crippen LogP contribution in [0, 0.1) is 0 Å². The van der Waals surface area contributed by atoms with Crippen molar-refractivity contribution in [2.24, 2.45) is 0 Å². The van der Waals surface area contributed by atoms with Gasteiger partial charge in [0.1, 0.15) is 12.2 Å². The van der Waals surface area contributed by atoms with E-state index in [1.165, 1.54) is 6.92 Å². The molecule has 0 saturated carbocycles. The molecule has 3 rings (SSSR count). The number of hydrogen-bond donors (Lipinski definition) is 0. The first kappa shape index (κ1) is 13.1. The summed E-state index contributed by atoms with van der Waals surface area (Å²) in [5, 5.41) is 0. The topological polar surface area (TPSA) is 61.8 Å². The van der Waals surface area contributed by atoms with Crippen molar-refractivity contribution < 1.29 is 23.8 Å². The molecule has 0 radical (unpaired) electrons. The fourth-order valence-electron chi connectivity index (χ4n) is 2.82. The van der Waals surface area contributed by atoms with E-state index >= 15 is 0 Å². The number of hydrogen-bond acceptors (Lipinski definition) is 5. The highest BCUT2D eigenvalue weighted by Gasteiger charge is 2.47. The van der Waals surface area contributed by atoms with Crippen molar-refractivity contribution >= 4 is 11.9 Å². The molecule has 0 amide bonds. The van der Waals surface area contributed by atoms with Gasteiger partial charge in [0.25, 0.3) is 0 Å². The first-order chi connectivity index (χ1) is 9.63. The number of carbonyl (C=O) groups excluding carboxylic acids is 2. The van der Waals surface area contributed by atoms with E-state index in [1.54, 1.807) is 0 Å². The van der Waals surface area contributed by atoms with E-state index in [0.717, 1.165) is 5.56 Å². The average molecular weight is 276 g/mol. The Bertz CT molecular complexity index is 512. The predicted octanol–water partition coefficient (Wildman–Crippen LogP) is 1.76. The number of ether oxygens (including phenoxy) is 3. The molecule has 2 bridgehead atoms. The van der Waals surface area contributed by atoms with Crippen molar-refractivity contribution in [2.75, 3.05) is 0 Å². The Morgan fingerprint density at radius 2 is 2.05 bits per heavy atom. The zero-order valence-electron chi connectivity index (χ0n) is 11.2. The molecule has 2 heterocycles. The normalized spacial score (nSPS) is 32.4. The Balaban J connectivity index is 1.90. The van der Waals surface area contributed by atoms with E-state index in [1.807, 2.05) is 30.3 Å². The fourth-order valence-corrected chi connectivity index (χ4v) is 2.82. The van der Waals surface area contributed by atoms with Gasteiger partial charge < -0.3 is 14.2 Å². The monoisotopic (exact) mass is 276 g/mol. The summed E-state index contributed by atoms with van der Waals surface area (Å²) in [6, 6.07) is 9.56. The van der Waals surface area contributed by atoms with Crippen LogP contribution in [0.1, 0.15) is 31.4 Å². The van der Waals surface area contributed by atoms with Gasteiger partial charge in [0.05, 0.1) is 12.5 Å². The molecule has 0 spiro atoms. The minimum atomic E-state index is -0.588. The molecule has 2 aliphatic heterocycles. The minimum Gasteiger partial charge on any atom is -0.458 e. The fraction of sp³-hybridized carbons (Fsp3) is 0.467. The van der Waals surface area contributed by atoms with Crippen LogP contribution in [-0.2, 0) is 23.8 Å². The number of rotatable bonds is 2. The lowest BCUT2D eigenvalue weighted by Crippen LogP contribution is -2.51. The van der Waals surface area contributed by atoms with Gasteiger partial charge >= 0.3 is 11.9 Å². The van der Waals surface area contributed by atoms with Gasteiger partial charge in [-0.2, -0.15) is 0 Å². The standard InChI is InChI=1S/C15H16O5/c1-9(16)18-15-12-7-11(8-13(17)20-12)19-14(15)10-5-3-2-4-6-10/h2-6,11-12,14-15H,7-8H2,1H3/t11-,12-,14+,15+/m1/s1.